The Morgan fingerprint density at radius 2 is 1.68 bits per heavy atom. The molecule has 1 aliphatic rings. The van der Waals surface area contributed by atoms with Crippen molar-refractivity contribution >= 4 is 17.7 Å². The third kappa shape index (κ3) is 5.62. The maximum Gasteiger partial charge on any atom is 0.233 e. The van der Waals surface area contributed by atoms with Crippen molar-refractivity contribution in [1.29, 1.82) is 0 Å². The maximum absolute atomic E-state index is 9.10. The van der Waals surface area contributed by atoms with Crippen LogP contribution in [0.2, 0.25) is 0 Å². The lowest BCUT2D eigenvalue weighted by Gasteiger charge is -2.34. The van der Waals surface area contributed by atoms with Crippen molar-refractivity contribution in [3.63, 3.8) is 0 Å². The van der Waals surface area contributed by atoms with E-state index in [-0.39, 0.29) is 6.61 Å². The minimum Gasteiger partial charge on any atom is -0.454 e. The second-order valence-corrected chi connectivity index (χ2v) is 7.30. The zero-order valence-electron chi connectivity index (χ0n) is 17.7. The first kappa shape index (κ1) is 20.9. The number of hydrogen-bond donors (Lipinski definition) is 2. The molecule has 0 radical (unpaired) electrons. The number of aliphatic hydroxyl groups is 1. The Labute approximate surface area is 181 Å². The first-order valence-electron chi connectivity index (χ1n) is 10.2. The Bertz CT molecular complexity index is 989. The van der Waals surface area contributed by atoms with Crippen molar-refractivity contribution in [2.75, 3.05) is 49.5 Å². The van der Waals surface area contributed by atoms with Gasteiger partial charge in [0.25, 0.3) is 0 Å². The summed E-state index contributed by atoms with van der Waals surface area (Å²) in [6.45, 7) is 8.00. The van der Waals surface area contributed by atoms with Gasteiger partial charge in [-0.05, 0) is 38.1 Å². The summed E-state index contributed by atoms with van der Waals surface area (Å²) >= 11 is 0. The van der Waals surface area contributed by atoms with Crippen LogP contribution < -0.4 is 15.0 Å². The van der Waals surface area contributed by atoms with Gasteiger partial charge in [-0.15, -0.1) is 0 Å². The summed E-state index contributed by atoms with van der Waals surface area (Å²) in [7, 11) is 0. The molecular weight excluding hydrogens is 396 g/mol. The van der Waals surface area contributed by atoms with Crippen LogP contribution in [0.4, 0.5) is 17.7 Å². The highest BCUT2D eigenvalue weighted by Crippen LogP contribution is 2.22. The summed E-state index contributed by atoms with van der Waals surface area (Å²) in [6.07, 6.45) is 3.32. The van der Waals surface area contributed by atoms with E-state index in [9.17, 15) is 0 Å². The number of hydrogen-bond acceptors (Lipinski definition) is 10. The number of piperazine rings is 1. The zero-order valence-corrected chi connectivity index (χ0v) is 17.7. The van der Waals surface area contributed by atoms with Crippen LogP contribution in [0.5, 0.6) is 11.5 Å². The molecule has 0 bridgehead atoms. The first-order chi connectivity index (χ1) is 15.1. The summed E-state index contributed by atoms with van der Waals surface area (Å²) in [6, 6.07) is 7.40. The third-order valence-electron chi connectivity index (χ3n) is 4.90. The lowest BCUT2D eigenvalue weighted by Crippen LogP contribution is -2.47. The monoisotopic (exact) mass is 422 g/mol. The summed E-state index contributed by atoms with van der Waals surface area (Å²) in [4.78, 5) is 26.4. The number of aryl methyl sites for hydroxylation is 2. The van der Waals surface area contributed by atoms with E-state index in [1.807, 2.05) is 38.1 Å². The SMILES string of the molecule is Cc1ccc(Oc2ccc(Nc3nc(C)nc(N4CCN(CCO)CC4)n3)nc2)cn1. The molecule has 1 aliphatic heterocycles. The van der Waals surface area contributed by atoms with E-state index >= 15 is 0 Å². The Balaban J connectivity index is 1.40. The molecule has 3 aromatic heterocycles. The Morgan fingerprint density at radius 3 is 2.32 bits per heavy atom. The fourth-order valence-electron chi connectivity index (χ4n) is 3.26. The minimum absolute atomic E-state index is 0.178. The first-order valence-corrected chi connectivity index (χ1v) is 10.2. The van der Waals surface area contributed by atoms with Crippen LogP contribution in [-0.4, -0.2) is 74.3 Å². The number of aliphatic hydroxyl groups excluding tert-OH is 1. The molecule has 10 nitrogen and oxygen atoms in total. The van der Waals surface area contributed by atoms with Crippen LogP contribution in [0, 0.1) is 13.8 Å². The fourth-order valence-corrected chi connectivity index (χ4v) is 3.26. The Morgan fingerprint density at radius 1 is 0.935 bits per heavy atom. The summed E-state index contributed by atoms with van der Waals surface area (Å²) in [5, 5.41) is 12.2. The molecule has 4 rings (SSSR count). The molecule has 162 valence electrons. The standard InChI is InChI=1S/C21H26N8O2/c1-15-3-4-17(13-22-15)31-18-5-6-19(23-14-18)26-20-24-16(2)25-21(27-20)29-9-7-28(8-10-29)11-12-30/h3-6,13-14,30H,7-12H2,1-2H3,(H,23,24,25,26,27). The summed E-state index contributed by atoms with van der Waals surface area (Å²) < 4.78 is 5.76. The van der Waals surface area contributed by atoms with Gasteiger partial charge < -0.3 is 20.1 Å². The van der Waals surface area contributed by atoms with Gasteiger partial charge in [0.1, 0.15) is 23.1 Å². The zero-order chi connectivity index (χ0) is 21.6. The second-order valence-electron chi connectivity index (χ2n) is 7.30. The highest BCUT2D eigenvalue weighted by molar-refractivity contribution is 5.50. The number of β-amino-alcohol motifs (C(OH)–C–C–N with tert-alkyl or cyclic N) is 1. The predicted octanol–water partition coefficient (Wildman–Crippen LogP) is 1.93. The van der Waals surface area contributed by atoms with Gasteiger partial charge in [0.15, 0.2) is 0 Å². The van der Waals surface area contributed by atoms with Crippen molar-refractivity contribution < 1.29 is 9.84 Å². The molecule has 1 saturated heterocycles. The van der Waals surface area contributed by atoms with E-state index < -0.39 is 0 Å². The van der Waals surface area contributed by atoms with Crippen LogP contribution in [0.15, 0.2) is 36.7 Å². The predicted molar refractivity (Wildman–Crippen MR) is 117 cm³/mol. The van der Waals surface area contributed by atoms with Gasteiger partial charge in [0, 0.05) is 38.4 Å². The highest BCUT2D eigenvalue weighted by Gasteiger charge is 2.19. The Hall–Kier alpha value is -3.37. The number of rotatable bonds is 7. The van der Waals surface area contributed by atoms with Crippen LogP contribution >= 0.6 is 0 Å². The van der Waals surface area contributed by atoms with Gasteiger partial charge in [-0.3, -0.25) is 9.88 Å². The van der Waals surface area contributed by atoms with E-state index in [0.717, 1.165) is 31.9 Å². The van der Waals surface area contributed by atoms with E-state index in [0.29, 0.717) is 41.6 Å². The van der Waals surface area contributed by atoms with Gasteiger partial charge in [0.2, 0.25) is 11.9 Å². The number of anilines is 3. The summed E-state index contributed by atoms with van der Waals surface area (Å²) in [5.41, 5.74) is 0.934. The van der Waals surface area contributed by atoms with Crippen molar-refractivity contribution in [1.82, 2.24) is 29.8 Å². The van der Waals surface area contributed by atoms with Gasteiger partial charge in [-0.2, -0.15) is 15.0 Å². The van der Waals surface area contributed by atoms with E-state index in [2.05, 4.69) is 40.0 Å². The molecule has 0 saturated carbocycles. The molecule has 31 heavy (non-hydrogen) atoms. The van der Waals surface area contributed by atoms with Crippen molar-refractivity contribution in [2.24, 2.45) is 0 Å². The number of nitrogens with one attached hydrogen (secondary N) is 1. The van der Waals surface area contributed by atoms with Gasteiger partial charge >= 0.3 is 0 Å². The van der Waals surface area contributed by atoms with Crippen molar-refractivity contribution in [3.8, 4) is 11.5 Å². The van der Waals surface area contributed by atoms with Crippen LogP contribution in [0.3, 0.4) is 0 Å². The molecule has 10 heteroatoms. The quantitative estimate of drug-likeness (QED) is 0.585. The van der Waals surface area contributed by atoms with Gasteiger partial charge in [-0.25, -0.2) is 4.98 Å². The normalized spacial score (nSPS) is 14.5. The van der Waals surface area contributed by atoms with Crippen LogP contribution in [-0.2, 0) is 0 Å². The van der Waals surface area contributed by atoms with Crippen molar-refractivity contribution in [3.05, 3.63) is 48.2 Å². The molecule has 0 aliphatic carbocycles. The smallest absolute Gasteiger partial charge is 0.233 e. The molecule has 3 aromatic rings. The minimum atomic E-state index is 0.178. The van der Waals surface area contributed by atoms with E-state index in [4.69, 9.17) is 9.84 Å². The van der Waals surface area contributed by atoms with E-state index in [1.165, 1.54) is 0 Å². The number of ether oxygens (including phenoxy) is 1. The molecule has 0 unspecified atom stereocenters. The Kier molecular flexibility index (Phi) is 6.48. The molecule has 1 fully saturated rings. The average molecular weight is 422 g/mol. The average Bonchev–Trinajstić information content (AvgIpc) is 2.77. The van der Waals surface area contributed by atoms with Gasteiger partial charge in [-0.1, -0.05) is 0 Å². The molecule has 2 N–H and O–H groups in total. The molecular formula is C21H26N8O2. The number of pyridine rings is 2. The topological polar surface area (TPSA) is 112 Å². The number of aromatic nitrogens is 5. The van der Waals surface area contributed by atoms with Gasteiger partial charge in [0.05, 0.1) is 19.0 Å². The molecule has 0 spiro atoms. The molecule has 0 aromatic carbocycles. The van der Waals surface area contributed by atoms with Crippen molar-refractivity contribution in [2.45, 2.75) is 13.8 Å². The third-order valence-corrected chi connectivity index (χ3v) is 4.90. The summed E-state index contributed by atoms with van der Waals surface area (Å²) in [5.74, 6) is 3.61. The number of nitrogens with zero attached hydrogens (tertiary/aromatic N) is 7. The lowest BCUT2D eigenvalue weighted by atomic mass is 10.3. The second kappa shape index (κ2) is 9.63. The van der Waals surface area contributed by atoms with Crippen LogP contribution in [0.25, 0.3) is 0 Å². The van der Waals surface area contributed by atoms with Crippen LogP contribution in [0.1, 0.15) is 11.5 Å². The maximum atomic E-state index is 9.10. The largest absolute Gasteiger partial charge is 0.454 e. The molecule has 0 amide bonds. The fraction of sp³-hybridized carbons (Fsp3) is 0.381. The highest BCUT2D eigenvalue weighted by atomic mass is 16.5. The van der Waals surface area contributed by atoms with E-state index in [1.54, 1.807) is 12.4 Å². The molecule has 0 atom stereocenters. The lowest BCUT2D eigenvalue weighted by molar-refractivity contribution is 0.188. The molecule has 4 heterocycles.